The van der Waals surface area contributed by atoms with Gasteiger partial charge in [-0.05, 0) is 29.2 Å². The molecule has 1 unspecified atom stereocenters. The van der Waals surface area contributed by atoms with E-state index in [0.717, 1.165) is 23.0 Å². The number of hydrogen-bond donors (Lipinski definition) is 3. The second-order valence-electron chi connectivity index (χ2n) is 6.45. The minimum Gasteiger partial charge on any atom is -0.357 e. The average Bonchev–Trinajstić information content (AvgIpc) is 3.38. The second-order valence-corrected chi connectivity index (χ2v) is 6.45. The zero-order chi connectivity index (χ0) is 19.3. The molecule has 0 saturated heterocycles. The topological polar surface area (TPSA) is 95.8 Å². The summed E-state index contributed by atoms with van der Waals surface area (Å²) >= 11 is 0. The Labute approximate surface area is 161 Å². The first kappa shape index (κ1) is 17.7. The summed E-state index contributed by atoms with van der Waals surface area (Å²) in [6.07, 6.45) is 5.21. The number of carbonyl (C=O) groups is 1. The second kappa shape index (κ2) is 7.89. The number of nitrogens with zero attached hydrogens (tertiary/aromatic N) is 3. The smallest absolute Gasteiger partial charge is 0.267 e. The first-order valence-electron chi connectivity index (χ1n) is 8.88. The molecule has 0 aliphatic rings. The van der Waals surface area contributed by atoms with E-state index in [4.69, 9.17) is 5.21 Å². The molecule has 28 heavy (non-hydrogen) atoms. The Morgan fingerprint density at radius 3 is 2.75 bits per heavy atom. The number of nitrogens with one attached hydrogen (secondary N) is 2. The van der Waals surface area contributed by atoms with Gasteiger partial charge in [0.1, 0.15) is 5.69 Å². The molecule has 0 fully saturated rings. The Bertz CT molecular complexity index is 1080. The predicted molar refractivity (Wildman–Crippen MR) is 106 cm³/mol. The molecule has 2 heterocycles. The molecule has 0 bridgehead atoms. The van der Waals surface area contributed by atoms with Crippen molar-refractivity contribution in [2.75, 3.05) is 0 Å². The van der Waals surface area contributed by atoms with Crippen LogP contribution in [0, 0.1) is 0 Å². The number of para-hydroxylation sites is 1. The maximum absolute atomic E-state index is 11.2. The summed E-state index contributed by atoms with van der Waals surface area (Å²) in [5.41, 5.74) is 5.35. The van der Waals surface area contributed by atoms with Crippen LogP contribution in [0.5, 0.6) is 0 Å². The summed E-state index contributed by atoms with van der Waals surface area (Å²) in [5, 5.41) is 18.1. The van der Waals surface area contributed by atoms with Gasteiger partial charge in [0.2, 0.25) is 0 Å². The lowest BCUT2D eigenvalue weighted by atomic mass is 10.0. The van der Waals surface area contributed by atoms with Gasteiger partial charge in [-0.25, -0.2) is 10.2 Å². The fourth-order valence-corrected chi connectivity index (χ4v) is 3.18. The largest absolute Gasteiger partial charge is 0.357 e. The summed E-state index contributed by atoms with van der Waals surface area (Å²) in [6.45, 7) is 0. The molecule has 4 rings (SSSR count). The number of amides is 1. The van der Waals surface area contributed by atoms with Crippen molar-refractivity contribution in [3.63, 3.8) is 0 Å². The number of hydrogen-bond acceptors (Lipinski definition) is 4. The van der Waals surface area contributed by atoms with E-state index < -0.39 is 5.91 Å². The molecule has 2 aromatic heterocycles. The minimum absolute atomic E-state index is 0.0869. The standard InChI is InChI=1S/C21H19N5O2/c27-21(24-28)11-10-17-14-26(25-23-17)20(12-15-6-2-1-3-7-15)19-13-16-8-4-5-9-18(16)22-19/h1-11,13-14,20,22,28H,12H2,(H,24,27). The summed E-state index contributed by atoms with van der Waals surface area (Å²) in [6, 6.07) is 20.3. The number of benzene rings is 2. The molecule has 7 nitrogen and oxygen atoms in total. The molecule has 3 N–H and O–H groups in total. The summed E-state index contributed by atoms with van der Waals surface area (Å²) in [5.74, 6) is -0.619. The number of aromatic amines is 1. The van der Waals surface area contributed by atoms with Crippen molar-refractivity contribution in [2.24, 2.45) is 0 Å². The Morgan fingerprint density at radius 2 is 1.96 bits per heavy atom. The van der Waals surface area contributed by atoms with Gasteiger partial charge in [-0.1, -0.05) is 53.7 Å². The van der Waals surface area contributed by atoms with Gasteiger partial charge in [0, 0.05) is 23.7 Å². The van der Waals surface area contributed by atoms with E-state index in [1.807, 2.05) is 36.4 Å². The van der Waals surface area contributed by atoms with Gasteiger partial charge in [0.05, 0.1) is 12.2 Å². The zero-order valence-corrected chi connectivity index (χ0v) is 15.0. The van der Waals surface area contributed by atoms with Gasteiger partial charge >= 0.3 is 0 Å². The highest BCUT2D eigenvalue weighted by Crippen LogP contribution is 2.26. The van der Waals surface area contributed by atoms with Crippen LogP contribution in [0.15, 0.2) is 72.9 Å². The molecule has 1 atom stereocenters. The van der Waals surface area contributed by atoms with Crippen LogP contribution >= 0.6 is 0 Å². The van der Waals surface area contributed by atoms with Gasteiger partial charge in [-0.2, -0.15) is 0 Å². The fraction of sp³-hybridized carbons (Fsp3) is 0.0952. The molecule has 4 aromatic rings. The maximum atomic E-state index is 11.2. The van der Waals surface area contributed by atoms with Crippen LogP contribution in [0.2, 0.25) is 0 Å². The zero-order valence-electron chi connectivity index (χ0n) is 15.0. The van der Waals surface area contributed by atoms with E-state index in [2.05, 4.69) is 39.6 Å². The van der Waals surface area contributed by atoms with E-state index >= 15 is 0 Å². The number of hydroxylamine groups is 1. The number of H-pyrrole nitrogens is 1. The van der Waals surface area contributed by atoms with Crippen molar-refractivity contribution < 1.29 is 10.0 Å². The molecule has 0 radical (unpaired) electrons. The number of carbonyl (C=O) groups excluding carboxylic acids is 1. The number of aromatic nitrogens is 4. The van der Waals surface area contributed by atoms with E-state index in [0.29, 0.717) is 5.69 Å². The summed E-state index contributed by atoms with van der Waals surface area (Å²) in [7, 11) is 0. The third kappa shape index (κ3) is 3.84. The first-order valence-corrected chi connectivity index (χ1v) is 8.88. The van der Waals surface area contributed by atoms with Crippen molar-refractivity contribution >= 4 is 22.9 Å². The van der Waals surface area contributed by atoms with Crippen LogP contribution < -0.4 is 5.48 Å². The number of fused-ring (bicyclic) bond motifs is 1. The lowest BCUT2D eigenvalue weighted by Gasteiger charge is -2.16. The quantitative estimate of drug-likeness (QED) is 0.275. The Hall–Kier alpha value is -3.71. The highest BCUT2D eigenvalue weighted by atomic mass is 16.5. The lowest BCUT2D eigenvalue weighted by Crippen LogP contribution is -2.15. The van der Waals surface area contributed by atoms with E-state index in [1.54, 1.807) is 16.4 Å². The van der Waals surface area contributed by atoms with Gasteiger partial charge in [-0.3, -0.25) is 10.0 Å². The molecule has 0 aliphatic carbocycles. The van der Waals surface area contributed by atoms with Crippen LogP contribution in [-0.2, 0) is 11.2 Å². The number of rotatable bonds is 6. The Balaban J connectivity index is 1.70. The monoisotopic (exact) mass is 373 g/mol. The van der Waals surface area contributed by atoms with Crippen molar-refractivity contribution in [1.82, 2.24) is 25.5 Å². The molecule has 140 valence electrons. The molecule has 7 heteroatoms. The minimum atomic E-state index is -0.619. The molecule has 0 spiro atoms. The van der Waals surface area contributed by atoms with Gasteiger partial charge in [0.15, 0.2) is 0 Å². The van der Waals surface area contributed by atoms with E-state index in [1.165, 1.54) is 17.7 Å². The summed E-state index contributed by atoms with van der Waals surface area (Å²) in [4.78, 5) is 14.7. The lowest BCUT2D eigenvalue weighted by molar-refractivity contribution is -0.124. The molecule has 2 aromatic carbocycles. The van der Waals surface area contributed by atoms with Gasteiger partial charge in [0.25, 0.3) is 5.91 Å². The average molecular weight is 373 g/mol. The fourth-order valence-electron chi connectivity index (χ4n) is 3.18. The summed E-state index contributed by atoms with van der Waals surface area (Å²) < 4.78 is 1.79. The normalized spacial score (nSPS) is 12.5. The van der Waals surface area contributed by atoms with Gasteiger partial charge in [-0.15, -0.1) is 5.10 Å². The van der Waals surface area contributed by atoms with Crippen LogP contribution in [0.1, 0.15) is 23.0 Å². The highest BCUT2D eigenvalue weighted by molar-refractivity contribution is 5.90. The SMILES string of the molecule is O=C(C=Cc1cn(C(Cc2ccccc2)c2cc3ccccc3[nH]2)nn1)NO. The molecule has 1 amide bonds. The molecule has 0 aliphatic heterocycles. The Kier molecular flexibility index (Phi) is 4.99. The molecular weight excluding hydrogens is 354 g/mol. The van der Waals surface area contributed by atoms with Crippen molar-refractivity contribution in [3.8, 4) is 0 Å². The van der Waals surface area contributed by atoms with Gasteiger partial charge < -0.3 is 4.98 Å². The third-order valence-corrected chi connectivity index (χ3v) is 4.54. The highest BCUT2D eigenvalue weighted by Gasteiger charge is 2.18. The Morgan fingerprint density at radius 1 is 1.18 bits per heavy atom. The predicted octanol–water partition coefficient (Wildman–Crippen LogP) is 3.11. The van der Waals surface area contributed by atoms with Crippen molar-refractivity contribution in [3.05, 3.63) is 89.9 Å². The first-order chi connectivity index (χ1) is 13.7. The van der Waals surface area contributed by atoms with Crippen molar-refractivity contribution in [1.29, 1.82) is 0 Å². The van der Waals surface area contributed by atoms with Crippen molar-refractivity contribution in [2.45, 2.75) is 12.5 Å². The maximum Gasteiger partial charge on any atom is 0.267 e. The third-order valence-electron chi connectivity index (χ3n) is 4.54. The van der Waals surface area contributed by atoms with Crippen LogP contribution in [0.4, 0.5) is 0 Å². The van der Waals surface area contributed by atoms with Crippen LogP contribution in [0.25, 0.3) is 17.0 Å². The molecular formula is C21H19N5O2. The van der Waals surface area contributed by atoms with Crippen LogP contribution in [0.3, 0.4) is 0 Å². The van der Waals surface area contributed by atoms with E-state index in [-0.39, 0.29) is 6.04 Å². The van der Waals surface area contributed by atoms with E-state index in [9.17, 15) is 4.79 Å². The molecule has 0 saturated carbocycles. The van der Waals surface area contributed by atoms with Crippen LogP contribution in [-0.4, -0.2) is 31.1 Å².